The van der Waals surface area contributed by atoms with E-state index in [9.17, 15) is 14.0 Å². The molecule has 2 aromatic rings. The third kappa shape index (κ3) is 4.29. The number of hydrogen-bond acceptors (Lipinski definition) is 4. The number of anilines is 1. The second-order valence-corrected chi connectivity index (χ2v) is 7.17. The molecule has 1 atom stereocenters. The van der Waals surface area contributed by atoms with E-state index in [-0.39, 0.29) is 24.1 Å². The van der Waals surface area contributed by atoms with Gasteiger partial charge in [-0.05, 0) is 48.9 Å². The van der Waals surface area contributed by atoms with Crippen molar-refractivity contribution in [3.8, 4) is 0 Å². The van der Waals surface area contributed by atoms with Crippen LogP contribution in [-0.2, 0) is 9.59 Å². The van der Waals surface area contributed by atoms with E-state index in [2.05, 4.69) is 10.3 Å². The average molecular weight is 371 g/mol. The number of benzene rings is 2. The Kier molecular flexibility index (Phi) is 5.37. The number of nitrogens with one attached hydrogen (secondary N) is 1. The second kappa shape index (κ2) is 7.70. The number of carbonyl (C=O) groups is 2. The Labute approximate surface area is 155 Å². The van der Waals surface area contributed by atoms with Crippen LogP contribution in [0.1, 0.15) is 12.0 Å². The van der Waals surface area contributed by atoms with Gasteiger partial charge in [0.2, 0.25) is 11.8 Å². The molecule has 1 saturated heterocycles. The number of amidine groups is 1. The summed E-state index contributed by atoms with van der Waals surface area (Å²) >= 11 is 1.24. The van der Waals surface area contributed by atoms with Crippen LogP contribution in [0.5, 0.6) is 0 Å². The summed E-state index contributed by atoms with van der Waals surface area (Å²) in [5, 5.41) is 2.78. The molecule has 0 spiro atoms. The zero-order valence-corrected chi connectivity index (χ0v) is 15.2. The molecular formula is C19H18FN3O2S. The number of halogens is 1. The normalized spacial score (nSPS) is 18.4. The molecule has 0 aliphatic carbocycles. The fourth-order valence-corrected chi connectivity index (χ4v) is 3.68. The summed E-state index contributed by atoms with van der Waals surface area (Å²) in [5.74, 6) is -0.740. The SMILES string of the molecule is Cc1cccc(NC(=O)CC2SC(=Nc3ccc(F)cc3)N(C)C2=O)c1. The van der Waals surface area contributed by atoms with E-state index in [1.165, 1.54) is 28.8 Å². The summed E-state index contributed by atoms with van der Waals surface area (Å²) in [7, 11) is 1.62. The van der Waals surface area contributed by atoms with Gasteiger partial charge >= 0.3 is 0 Å². The molecule has 7 heteroatoms. The number of amides is 2. The lowest BCUT2D eigenvalue weighted by molar-refractivity contribution is -0.127. The first-order valence-corrected chi connectivity index (χ1v) is 8.95. The van der Waals surface area contributed by atoms with Crippen LogP contribution in [0.4, 0.5) is 15.8 Å². The fraction of sp³-hybridized carbons (Fsp3) is 0.211. The first kappa shape index (κ1) is 18.1. The predicted molar refractivity (Wildman–Crippen MR) is 102 cm³/mol. The van der Waals surface area contributed by atoms with Crippen molar-refractivity contribution >= 4 is 40.1 Å². The standard InChI is InChI=1S/C19H18FN3O2S/c1-12-4-3-5-15(10-12)21-17(24)11-16-18(25)23(2)19(26-16)22-14-8-6-13(20)7-9-14/h3-10,16H,11H2,1-2H3,(H,21,24). The zero-order valence-electron chi connectivity index (χ0n) is 14.4. The highest BCUT2D eigenvalue weighted by Crippen LogP contribution is 2.30. The van der Waals surface area contributed by atoms with Crippen LogP contribution in [0.15, 0.2) is 53.5 Å². The Balaban J connectivity index is 1.66. The van der Waals surface area contributed by atoms with E-state index < -0.39 is 5.25 Å². The number of nitrogens with zero attached hydrogens (tertiary/aromatic N) is 2. The summed E-state index contributed by atoms with van der Waals surface area (Å²) in [6, 6.07) is 13.2. The largest absolute Gasteiger partial charge is 0.326 e. The maximum absolute atomic E-state index is 13.0. The van der Waals surface area contributed by atoms with Crippen LogP contribution < -0.4 is 5.32 Å². The van der Waals surface area contributed by atoms with Crippen LogP contribution in [0.3, 0.4) is 0 Å². The topological polar surface area (TPSA) is 61.8 Å². The lowest BCUT2D eigenvalue weighted by atomic mass is 10.2. The number of thioether (sulfide) groups is 1. The molecular weight excluding hydrogens is 353 g/mol. The lowest BCUT2D eigenvalue weighted by Gasteiger charge is -2.09. The molecule has 26 heavy (non-hydrogen) atoms. The summed E-state index contributed by atoms with van der Waals surface area (Å²) in [5.41, 5.74) is 2.31. The Morgan fingerprint density at radius 2 is 2.00 bits per heavy atom. The average Bonchev–Trinajstić information content (AvgIpc) is 2.85. The van der Waals surface area contributed by atoms with Gasteiger partial charge in [0, 0.05) is 19.2 Å². The number of carbonyl (C=O) groups excluding carboxylic acids is 2. The molecule has 1 unspecified atom stereocenters. The summed E-state index contributed by atoms with van der Waals surface area (Å²) in [4.78, 5) is 30.4. The van der Waals surface area contributed by atoms with Crippen molar-refractivity contribution < 1.29 is 14.0 Å². The van der Waals surface area contributed by atoms with Crippen molar-refractivity contribution in [1.82, 2.24) is 4.90 Å². The predicted octanol–water partition coefficient (Wildman–Crippen LogP) is 3.72. The number of aliphatic imine (C=N–C) groups is 1. The monoisotopic (exact) mass is 371 g/mol. The van der Waals surface area contributed by atoms with Gasteiger partial charge in [0.05, 0.1) is 5.69 Å². The summed E-state index contributed by atoms with van der Waals surface area (Å²) in [6.07, 6.45) is 0.0597. The minimum Gasteiger partial charge on any atom is -0.326 e. The first-order chi connectivity index (χ1) is 12.4. The minimum atomic E-state index is -0.524. The highest BCUT2D eigenvalue weighted by Gasteiger charge is 2.36. The molecule has 134 valence electrons. The first-order valence-electron chi connectivity index (χ1n) is 8.07. The highest BCUT2D eigenvalue weighted by molar-refractivity contribution is 8.15. The second-order valence-electron chi connectivity index (χ2n) is 6.00. The summed E-state index contributed by atoms with van der Waals surface area (Å²) < 4.78 is 13.0. The number of aryl methyl sites for hydroxylation is 1. The molecule has 0 bridgehead atoms. The van der Waals surface area contributed by atoms with Gasteiger partial charge in [0.15, 0.2) is 5.17 Å². The molecule has 2 amide bonds. The van der Waals surface area contributed by atoms with Crippen molar-refractivity contribution in [2.45, 2.75) is 18.6 Å². The molecule has 1 N–H and O–H groups in total. The van der Waals surface area contributed by atoms with Crippen LogP contribution in [0, 0.1) is 12.7 Å². The van der Waals surface area contributed by atoms with Gasteiger partial charge in [-0.1, -0.05) is 23.9 Å². The van der Waals surface area contributed by atoms with Gasteiger partial charge in [-0.25, -0.2) is 9.38 Å². The third-order valence-electron chi connectivity index (χ3n) is 3.86. The third-order valence-corrected chi connectivity index (χ3v) is 5.09. The van der Waals surface area contributed by atoms with E-state index >= 15 is 0 Å². The van der Waals surface area contributed by atoms with E-state index in [0.717, 1.165) is 5.56 Å². The number of hydrogen-bond donors (Lipinski definition) is 1. The maximum Gasteiger partial charge on any atom is 0.242 e. The van der Waals surface area contributed by atoms with E-state index in [1.54, 1.807) is 19.2 Å². The van der Waals surface area contributed by atoms with E-state index in [1.807, 2.05) is 31.2 Å². The van der Waals surface area contributed by atoms with Crippen molar-refractivity contribution in [1.29, 1.82) is 0 Å². The van der Waals surface area contributed by atoms with Crippen LogP contribution in [0.2, 0.25) is 0 Å². The van der Waals surface area contributed by atoms with Crippen molar-refractivity contribution in [3.63, 3.8) is 0 Å². The summed E-state index contributed by atoms with van der Waals surface area (Å²) in [6.45, 7) is 1.94. The fourth-order valence-electron chi connectivity index (χ4n) is 2.53. The zero-order chi connectivity index (χ0) is 18.7. The van der Waals surface area contributed by atoms with Crippen LogP contribution in [0.25, 0.3) is 0 Å². The molecule has 0 radical (unpaired) electrons. The Hall–Kier alpha value is -2.67. The molecule has 5 nitrogen and oxygen atoms in total. The maximum atomic E-state index is 13.0. The van der Waals surface area contributed by atoms with Gasteiger partial charge in [-0.15, -0.1) is 0 Å². The molecule has 0 aromatic heterocycles. The van der Waals surface area contributed by atoms with E-state index in [4.69, 9.17) is 0 Å². The number of rotatable bonds is 4. The van der Waals surface area contributed by atoms with Gasteiger partial charge in [-0.2, -0.15) is 0 Å². The van der Waals surface area contributed by atoms with Crippen molar-refractivity contribution in [2.75, 3.05) is 12.4 Å². The minimum absolute atomic E-state index is 0.0597. The smallest absolute Gasteiger partial charge is 0.242 e. The van der Waals surface area contributed by atoms with Crippen LogP contribution >= 0.6 is 11.8 Å². The van der Waals surface area contributed by atoms with Gasteiger partial charge in [0.1, 0.15) is 11.1 Å². The Bertz CT molecular complexity index is 867. The molecule has 1 aliphatic heterocycles. The quantitative estimate of drug-likeness (QED) is 0.891. The van der Waals surface area contributed by atoms with Crippen LogP contribution in [-0.4, -0.2) is 34.2 Å². The van der Waals surface area contributed by atoms with Gasteiger partial charge in [-0.3, -0.25) is 14.5 Å². The van der Waals surface area contributed by atoms with Gasteiger partial charge < -0.3 is 5.32 Å². The molecule has 1 aliphatic rings. The molecule has 0 saturated carbocycles. The molecule has 2 aromatic carbocycles. The highest BCUT2D eigenvalue weighted by atomic mass is 32.2. The van der Waals surface area contributed by atoms with Crippen molar-refractivity contribution in [3.05, 3.63) is 59.9 Å². The van der Waals surface area contributed by atoms with Gasteiger partial charge in [0.25, 0.3) is 0 Å². The van der Waals surface area contributed by atoms with Crippen molar-refractivity contribution in [2.24, 2.45) is 4.99 Å². The molecule has 3 rings (SSSR count). The lowest BCUT2D eigenvalue weighted by Crippen LogP contribution is -2.30. The Morgan fingerprint density at radius 3 is 2.69 bits per heavy atom. The Morgan fingerprint density at radius 1 is 1.27 bits per heavy atom. The molecule has 1 fully saturated rings. The van der Waals surface area contributed by atoms with E-state index in [0.29, 0.717) is 16.5 Å². The molecule has 1 heterocycles.